The number of benzene rings is 2. The Balaban J connectivity index is 2.10. The van der Waals surface area contributed by atoms with Gasteiger partial charge in [-0.1, -0.05) is 0 Å². The fourth-order valence-corrected chi connectivity index (χ4v) is 2.68. The van der Waals surface area contributed by atoms with E-state index in [1.54, 1.807) is 25.1 Å². The van der Waals surface area contributed by atoms with Gasteiger partial charge in [-0.25, -0.2) is 4.79 Å². The molecule has 0 unspecified atom stereocenters. The number of alkyl halides is 3. The highest BCUT2D eigenvalue weighted by Gasteiger charge is 2.30. The van der Waals surface area contributed by atoms with Crippen LogP contribution in [0.4, 0.5) is 24.5 Å². The molecule has 0 radical (unpaired) electrons. The minimum Gasteiger partial charge on any atom is -0.497 e. The largest absolute Gasteiger partial charge is 0.497 e. The van der Waals surface area contributed by atoms with Gasteiger partial charge >= 0.3 is 12.1 Å². The van der Waals surface area contributed by atoms with Crippen LogP contribution >= 0.6 is 0 Å². The van der Waals surface area contributed by atoms with E-state index in [1.807, 2.05) is 0 Å². The summed E-state index contributed by atoms with van der Waals surface area (Å²) in [5, 5.41) is 3.59. The van der Waals surface area contributed by atoms with Gasteiger partial charge in [0.2, 0.25) is 0 Å². The molecule has 8 heteroatoms. The number of methoxy groups -OCH3 is 1. The maximum Gasteiger partial charge on any atom is 0.416 e. The van der Waals surface area contributed by atoms with Gasteiger partial charge in [-0.3, -0.25) is 4.98 Å². The quantitative estimate of drug-likeness (QED) is 0.608. The molecule has 0 saturated heterocycles. The third kappa shape index (κ3) is 4.00. The van der Waals surface area contributed by atoms with E-state index in [0.29, 0.717) is 28.0 Å². The Hall–Kier alpha value is -3.29. The second kappa shape index (κ2) is 7.75. The van der Waals surface area contributed by atoms with Crippen LogP contribution in [-0.2, 0) is 10.9 Å². The van der Waals surface area contributed by atoms with Crippen molar-refractivity contribution in [1.82, 2.24) is 4.98 Å². The Bertz CT molecular complexity index is 1000. The van der Waals surface area contributed by atoms with E-state index in [1.165, 1.54) is 25.4 Å². The maximum atomic E-state index is 12.8. The van der Waals surface area contributed by atoms with E-state index in [-0.39, 0.29) is 12.2 Å². The van der Waals surface area contributed by atoms with Crippen LogP contribution in [-0.4, -0.2) is 24.7 Å². The van der Waals surface area contributed by atoms with E-state index < -0.39 is 17.7 Å². The van der Waals surface area contributed by atoms with Crippen LogP contribution in [0.1, 0.15) is 22.8 Å². The van der Waals surface area contributed by atoms with Gasteiger partial charge in [-0.2, -0.15) is 13.2 Å². The topological polar surface area (TPSA) is 60.5 Å². The number of ether oxygens (including phenoxy) is 2. The fraction of sp³-hybridized carbons (Fsp3) is 0.200. The molecule has 0 atom stereocenters. The van der Waals surface area contributed by atoms with Gasteiger partial charge in [0.1, 0.15) is 11.3 Å². The zero-order valence-corrected chi connectivity index (χ0v) is 15.1. The van der Waals surface area contributed by atoms with Gasteiger partial charge in [-0.15, -0.1) is 0 Å². The van der Waals surface area contributed by atoms with Crippen LogP contribution in [0.15, 0.2) is 48.7 Å². The number of esters is 1. The molecule has 1 N–H and O–H groups in total. The number of carbonyl (C=O) groups excluding carboxylic acids is 1. The molecule has 1 aromatic heterocycles. The minimum absolute atomic E-state index is 0.169. The van der Waals surface area contributed by atoms with E-state index in [2.05, 4.69) is 10.3 Å². The highest BCUT2D eigenvalue weighted by atomic mass is 19.4. The van der Waals surface area contributed by atoms with Crippen LogP contribution in [0, 0.1) is 0 Å². The second-order valence-electron chi connectivity index (χ2n) is 5.85. The minimum atomic E-state index is -4.43. The average Bonchev–Trinajstić information content (AvgIpc) is 2.67. The van der Waals surface area contributed by atoms with Crippen LogP contribution in [0.5, 0.6) is 5.75 Å². The summed E-state index contributed by atoms with van der Waals surface area (Å²) in [4.78, 5) is 16.6. The highest BCUT2D eigenvalue weighted by molar-refractivity contribution is 6.06. The molecule has 0 fully saturated rings. The zero-order chi connectivity index (χ0) is 20.3. The predicted octanol–water partition coefficient (Wildman–Crippen LogP) is 5.18. The number of anilines is 2. The Morgan fingerprint density at radius 3 is 2.46 bits per heavy atom. The molecule has 0 amide bonds. The maximum absolute atomic E-state index is 12.8. The summed E-state index contributed by atoms with van der Waals surface area (Å²) in [6.45, 7) is 1.85. The molecule has 3 rings (SSSR count). The first kappa shape index (κ1) is 19.5. The van der Waals surface area contributed by atoms with Crippen molar-refractivity contribution in [2.24, 2.45) is 0 Å². The van der Waals surface area contributed by atoms with Gasteiger partial charge in [0.25, 0.3) is 0 Å². The summed E-state index contributed by atoms with van der Waals surface area (Å²) in [7, 11) is 1.51. The van der Waals surface area contributed by atoms with Crippen molar-refractivity contribution in [1.29, 1.82) is 0 Å². The van der Waals surface area contributed by atoms with Gasteiger partial charge in [-0.05, 0) is 49.4 Å². The van der Waals surface area contributed by atoms with Gasteiger partial charge in [0.15, 0.2) is 0 Å². The number of rotatable bonds is 5. The van der Waals surface area contributed by atoms with Gasteiger partial charge < -0.3 is 14.8 Å². The molecular weight excluding hydrogens is 373 g/mol. The van der Waals surface area contributed by atoms with Gasteiger partial charge in [0, 0.05) is 17.3 Å². The lowest BCUT2D eigenvalue weighted by Crippen LogP contribution is -2.09. The van der Waals surface area contributed by atoms with Crippen LogP contribution in [0.2, 0.25) is 0 Å². The van der Waals surface area contributed by atoms with Crippen molar-refractivity contribution in [3.8, 4) is 5.75 Å². The first-order chi connectivity index (χ1) is 13.3. The van der Waals surface area contributed by atoms with E-state index in [0.717, 1.165) is 12.1 Å². The molecule has 0 saturated carbocycles. The molecule has 5 nitrogen and oxygen atoms in total. The molecule has 0 aliphatic heterocycles. The summed E-state index contributed by atoms with van der Waals surface area (Å²) in [6, 6.07) is 9.67. The highest BCUT2D eigenvalue weighted by Crippen LogP contribution is 2.34. The number of nitrogens with zero attached hydrogens (tertiary/aromatic N) is 1. The molecule has 0 aliphatic carbocycles. The normalized spacial score (nSPS) is 11.3. The number of hydrogen-bond acceptors (Lipinski definition) is 5. The van der Waals surface area contributed by atoms with E-state index in [9.17, 15) is 18.0 Å². The Labute approximate surface area is 159 Å². The van der Waals surface area contributed by atoms with Crippen molar-refractivity contribution in [3.63, 3.8) is 0 Å². The lowest BCUT2D eigenvalue weighted by Gasteiger charge is -2.15. The van der Waals surface area contributed by atoms with Crippen molar-refractivity contribution < 1.29 is 27.4 Å². The summed E-state index contributed by atoms with van der Waals surface area (Å²) < 4.78 is 48.7. The monoisotopic (exact) mass is 390 g/mol. The summed E-state index contributed by atoms with van der Waals surface area (Å²) in [5.41, 5.74) is 0.756. The second-order valence-corrected chi connectivity index (χ2v) is 5.85. The number of carbonyl (C=O) groups is 1. The average molecular weight is 390 g/mol. The molecule has 0 spiro atoms. The number of fused-ring (bicyclic) bond motifs is 1. The first-order valence-electron chi connectivity index (χ1n) is 8.41. The van der Waals surface area contributed by atoms with Crippen molar-refractivity contribution in [3.05, 3.63) is 59.8 Å². The Morgan fingerprint density at radius 1 is 1.14 bits per heavy atom. The number of pyridine rings is 1. The van der Waals surface area contributed by atoms with Crippen LogP contribution < -0.4 is 10.1 Å². The Kier molecular flexibility index (Phi) is 5.39. The smallest absolute Gasteiger partial charge is 0.416 e. The third-order valence-corrected chi connectivity index (χ3v) is 4.05. The summed E-state index contributed by atoms with van der Waals surface area (Å²) >= 11 is 0. The molecular formula is C20H17F3N2O3. The van der Waals surface area contributed by atoms with Crippen LogP contribution in [0.3, 0.4) is 0 Å². The number of aromatic nitrogens is 1. The van der Waals surface area contributed by atoms with E-state index >= 15 is 0 Å². The molecule has 146 valence electrons. The lowest BCUT2D eigenvalue weighted by atomic mass is 10.1. The van der Waals surface area contributed by atoms with Crippen LogP contribution in [0.25, 0.3) is 10.9 Å². The molecule has 2 aromatic carbocycles. The van der Waals surface area contributed by atoms with Gasteiger partial charge in [0.05, 0.1) is 30.5 Å². The number of halogens is 3. The van der Waals surface area contributed by atoms with E-state index in [4.69, 9.17) is 9.47 Å². The third-order valence-electron chi connectivity index (χ3n) is 4.05. The summed E-state index contributed by atoms with van der Waals surface area (Å²) in [6.07, 6.45) is -3.05. The molecule has 28 heavy (non-hydrogen) atoms. The first-order valence-corrected chi connectivity index (χ1v) is 8.41. The molecule has 0 bridgehead atoms. The molecule has 0 aliphatic rings. The number of nitrogens with one attached hydrogen (secondary N) is 1. The fourth-order valence-electron chi connectivity index (χ4n) is 2.68. The van der Waals surface area contributed by atoms with Crippen molar-refractivity contribution in [2.75, 3.05) is 19.0 Å². The Morgan fingerprint density at radius 2 is 1.86 bits per heavy atom. The summed E-state index contributed by atoms with van der Waals surface area (Å²) in [5.74, 6) is -0.0418. The van der Waals surface area contributed by atoms with Crippen molar-refractivity contribution >= 4 is 28.2 Å². The number of hydrogen-bond donors (Lipinski definition) is 1. The molecule has 1 heterocycles. The lowest BCUT2D eigenvalue weighted by molar-refractivity contribution is -0.137. The molecule has 3 aromatic rings. The predicted molar refractivity (Wildman–Crippen MR) is 99.0 cm³/mol. The zero-order valence-electron chi connectivity index (χ0n) is 15.1. The SMILES string of the molecule is CCOC(=O)c1cnc2ccc(OC)cc2c1Nc1ccc(C(F)(F)F)cc1. The standard InChI is InChI=1S/C20H17F3N2O3/c1-3-28-19(26)16-11-24-17-9-8-14(27-2)10-15(17)18(16)25-13-6-4-12(5-7-13)20(21,22)23/h4-11H,3H2,1-2H3,(H,24,25). The van der Waals surface area contributed by atoms with Crippen molar-refractivity contribution in [2.45, 2.75) is 13.1 Å².